The van der Waals surface area contributed by atoms with Crippen molar-refractivity contribution in [1.82, 2.24) is 4.72 Å². The summed E-state index contributed by atoms with van der Waals surface area (Å²) in [4.78, 5) is 12.0. The smallest absolute Gasteiger partial charge is 0.223 e. The molecule has 22 heavy (non-hydrogen) atoms. The lowest BCUT2D eigenvalue weighted by molar-refractivity contribution is -0.129. The molecule has 1 fully saturated rings. The average Bonchev–Trinajstić information content (AvgIpc) is 2.39. The third-order valence-corrected chi connectivity index (χ3v) is 5.53. The highest BCUT2D eigenvalue weighted by Gasteiger charge is 2.40. The molecule has 0 aromatic heterocycles. The number of rotatable bonds is 5. The molecule has 0 saturated heterocycles. The van der Waals surface area contributed by atoms with E-state index in [0.29, 0.717) is 32.1 Å². The molecule has 0 heterocycles. The van der Waals surface area contributed by atoms with Crippen LogP contribution in [0.4, 0.5) is 0 Å². The van der Waals surface area contributed by atoms with E-state index < -0.39 is 15.4 Å². The van der Waals surface area contributed by atoms with Crippen LogP contribution >= 0.6 is 15.9 Å². The van der Waals surface area contributed by atoms with Crippen LogP contribution in [0.25, 0.3) is 0 Å². The number of carbonyl (C=O) groups is 1. The van der Waals surface area contributed by atoms with Gasteiger partial charge in [0.1, 0.15) is 0 Å². The SMILES string of the molecule is CS(=O)(=O)NC1CCC(Cc2cccc(Br)c2)(C(N)=O)CC1. The van der Waals surface area contributed by atoms with Gasteiger partial charge in [-0.15, -0.1) is 0 Å². The van der Waals surface area contributed by atoms with E-state index in [1.807, 2.05) is 24.3 Å². The van der Waals surface area contributed by atoms with Crippen molar-refractivity contribution in [3.63, 3.8) is 0 Å². The van der Waals surface area contributed by atoms with Gasteiger partial charge in [-0.3, -0.25) is 4.79 Å². The molecule has 1 amide bonds. The molecule has 0 spiro atoms. The minimum Gasteiger partial charge on any atom is -0.369 e. The lowest BCUT2D eigenvalue weighted by Gasteiger charge is -2.38. The summed E-state index contributed by atoms with van der Waals surface area (Å²) in [5.74, 6) is -0.301. The van der Waals surface area contributed by atoms with Gasteiger partial charge >= 0.3 is 0 Å². The zero-order chi connectivity index (χ0) is 16.4. The van der Waals surface area contributed by atoms with E-state index >= 15 is 0 Å². The first-order valence-corrected chi connectivity index (χ1v) is 9.90. The number of halogens is 1. The summed E-state index contributed by atoms with van der Waals surface area (Å²) in [5.41, 5.74) is 6.14. The lowest BCUT2D eigenvalue weighted by Crippen LogP contribution is -2.46. The Kier molecular flexibility index (Phi) is 5.29. The molecule has 3 N–H and O–H groups in total. The Bertz CT molecular complexity index is 653. The van der Waals surface area contributed by atoms with Crippen molar-refractivity contribution >= 4 is 31.9 Å². The molecule has 1 aromatic carbocycles. The van der Waals surface area contributed by atoms with Gasteiger partial charge in [0.05, 0.1) is 11.7 Å². The first kappa shape index (κ1) is 17.4. The lowest BCUT2D eigenvalue weighted by atomic mass is 9.68. The van der Waals surface area contributed by atoms with E-state index in [9.17, 15) is 13.2 Å². The Morgan fingerprint density at radius 2 is 2.05 bits per heavy atom. The van der Waals surface area contributed by atoms with Crippen LogP contribution < -0.4 is 10.5 Å². The van der Waals surface area contributed by atoms with Crippen LogP contribution in [0.1, 0.15) is 31.2 Å². The van der Waals surface area contributed by atoms with Crippen LogP contribution in [-0.2, 0) is 21.2 Å². The fraction of sp³-hybridized carbons (Fsp3) is 0.533. The highest BCUT2D eigenvalue weighted by molar-refractivity contribution is 9.10. The van der Waals surface area contributed by atoms with Crippen molar-refractivity contribution in [2.45, 2.75) is 38.1 Å². The van der Waals surface area contributed by atoms with E-state index in [1.54, 1.807) is 0 Å². The molecule has 2 rings (SSSR count). The quantitative estimate of drug-likeness (QED) is 0.807. The van der Waals surface area contributed by atoms with Crippen molar-refractivity contribution in [2.24, 2.45) is 11.1 Å². The molecule has 1 aliphatic rings. The Labute approximate surface area is 139 Å². The maximum absolute atomic E-state index is 12.0. The van der Waals surface area contributed by atoms with Crippen molar-refractivity contribution < 1.29 is 13.2 Å². The van der Waals surface area contributed by atoms with E-state index in [2.05, 4.69) is 20.7 Å². The van der Waals surface area contributed by atoms with Gasteiger partial charge in [-0.25, -0.2) is 13.1 Å². The molecule has 0 bridgehead atoms. The van der Waals surface area contributed by atoms with E-state index in [1.165, 1.54) is 0 Å². The summed E-state index contributed by atoms with van der Waals surface area (Å²) >= 11 is 3.43. The van der Waals surface area contributed by atoms with Gasteiger partial charge in [0.25, 0.3) is 0 Å². The number of benzene rings is 1. The number of nitrogens with one attached hydrogen (secondary N) is 1. The number of hydrogen-bond donors (Lipinski definition) is 2. The fourth-order valence-electron chi connectivity index (χ4n) is 3.14. The standard InChI is InChI=1S/C15H21BrN2O3S/c1-22(20,21)18-13-5-7-15(8-6-13,14(17)19)10-11-3-2-4-12(16)9-11/h2-4,9,13,18H,5-8,10H2,1H3,(H2,17,19). The molecule has 122 valence electrons. The second kappa shape index (κ2) is 6.68. The molecule has 0 radical (unpaired) electrons. The highest BCUT2D eigenvalue weighted by atomic mass is 79.9. The molecule has 5 nitrogen and oxygen atoms in total. The Balaban J connectivity index is 2.10. The Hall–Kier alpha value is -0.920. The summed E-state index contributed by atoms with van der Waals surface area (Å²) in [6.45, 7) is 0. The van der Waals surface area contributed by atoms with Crippen LogP contribution in [-0.4, -0.2) is 26.6 Å². The monoisotopic (exact) mass is 388 g/mol. The van der Waals surface area contributed by atoms with Crippen molar-refractivity contribution in [3.8, 4) is 0 Å². The van der Waals surface area contributed by atoms with E-state index in [4.69, 9.17) is 5.73 Å². The van der Waals surface area contributed by atoms with Crippen molar-refractivity contribution in [3.05, 3.63) is 34.3 Å². The van der Waals surface area contributed by atoms with Gasteiger partial charge in [0, 0.05) is 10.5 Å². The Morgan fingerprint density at radius 1 is 1.41 bits per heavy atom. The minimum atomic E-state index is -3.22. The van der Waals surface area contributed by atoms with Gasteiger partial charge in [0.2, 0.25) is 15.9 Å². The maximum atomic E-state index is 12.0. The average molecular weight is 389 g/mol. The largest absolute Gasteiger partial charge is 0.369 e. The van der Waals surface area contributed by atoms with Crippen LogP contribution in [0.5, 0.6) is 0 Å². The number of amides is 1. The third kappa shape index (κ3) is 4.54. The summed E-state index contributed by atoms with van der Waals surface area (Å²) in [6, 6.07) is 7.74. The molecule has 0 atom stereocenters. The molecule has 1 saturated carbocycles. The first-order valence-electron chi connectivity index (χ1n) is 7.22. The van der Waals surface area contributed by atoms with Gasteiger partial charge in [-0.1, -0.05) is 28.1 Å². The molecule has 0 unspecified atom stereocenters. The first-order chi connectivity index (χ1) is 10.2. The van der Waals surface area contributed by atoms with Gasteiger partial charge < -0.3 is 5.73 Å². The predicted octanol–water partition coefficient (Wildman–Crippen LogP) is 1.96. The topological polar surface area (TPSA) is 89.3 Å². The zero-order valence-corrected chi connectivity index (χ0v) is 14.9. The highest BCUT2D eigenvalue weighted by Crippen LogP contribution is 2.39. The molecule has 0 aliphatic heterocycles. The molecular weight excluding hydrogens is 368 g/mol. The summed E-state index contributed by atoms with van der Waals surface area (Å²) in [6.07, 6.45) is 4.20. The van der Waals surface area contributed by atoms with Gasteiger partial charge in [-0.05, 0) is 49.8 Å². The molecule has 1 aliphatic carbocycles. The second-order valence-corrected chi connectivity index (χ2v) is 8.81. The van der Waals surface area contributed by atoms with E-state index in [-0.39, 0.29) is 11.9 Å². The van der Waals surface area contributed by atoms with Crippen molar-refractivity contribution in [2.75, 3.05) is 6.26 Å². The van der Waals surface area contributed by atoms with Crippen LogP contribution in [0, 0.1) is 5.41 Å². The number of primary amides is 1. The van der Waals surface area contributed by atoms with Crippen molar-refractivity contribution in [1.29, 1.82) is 0 Å². The number of sulfonamides is 1. The zero-order valence-electron chi connectivity index (χ0n) is 12.5. The molecule has 1 aromatic rings. The summed E-state index contributed by atoms with van der Waals surface area (Å²) < 4.78 is 26.2. The van der Waals surface area contributed by atoms with Crippen LogP contribution in [0.3, 0.4) is 0 Å². The molecular formula is C15H21BrN2O3S. The van der Waals surface area contributed by atoms with Gasteiger partial charge in [-0.2, -0.15) is 0 Å². The molecule has 7 heteroatoms. The second-order valence-electron chi connectivity index (χ2n) is 6.12. The Morgan fingerprint density at radius 3 is 2.55 bits per heavy atom. The normalized spacial score (nSPS) is 25.8. The number of hydrogen-bond acceptors (Lipinski definition) is 3. The van der Waals surface area contributed by atoms with E-state index in [0.717, 1.165) is 16.3 Å². The van der Waals surface area contributed by atoms with Crippen LogP contribution in [0.15, 0.2) is 28.7 Å². The minimum absolute atomic E-state index is 0.106. The number of carbonyl (C=O) groups excluding carboxylic acids is 1. The summed E-state index contributed by atoms with van der Waals surface area (Å²) in [7, 11) is -3.22. The predicted molar refractivity (Wildman–Crippen MR) is 89.7 cm³/mol. The third-order valence-electron chi connectivity index (χ3n) is 4.28. The van der Waals surface area contributed by atoms with Gasteiger partial charge in [0.15, 0.2) is 0 Å². The van der Waals surface area contributed by atoms with Crippen LogP contribution in [0.2, 0.25) is 0 Å². The maximum Gasteiger partial charge on any atom is 0.223 e. The number of nitrogens with two attached hydrogens (primary N) is 1. The summed E-state index contributed by atoms with van der Waals surface area (Å²) in [5, 5.41) is 0. The fourth-order valence-corrected chi connectivity index (χ4v) is 4.43.